The molecule has 0 bridgehead atoms. The van der Waals surface area contributed by atoms with Gasteiger partial charge in [0.15, 0.2) is 5.65 Å². The molecule has 3 aromatic heterocycles. The average molecular weight is 507 g/mol. The number of amides is 1. The summed E-state index contributed by atoms with van der Waals surface area (Å²) in [5, 5.41) is 14.6. The third-order valence-corrected chi connectivity index (χ3v) is 7.13. The zero-order valence-electron chi connectivity index (χ0n) is 21.5. The molecule has 1 saturated heterocycles. The zero-order chi connectivity index (χ0) is 25.9. The molecule has 9 heteroatoms. The van der Waals surface area contributed by atoms with Crippen molar-refractivity contribution < 1.29 is 4.79 Å². The molecule has 0 aliphatic carbocycles. The van der Waals surface area contributed by atoms with E-state index in [0.717, 1.165) is 83.7 Å². The number of H-pyrrole nitrogens is 1. The standard InChI is InChI=1S/C29H30N8O/c1-2-3-10-25-30-24-16-17-26(36-18-7-6-11-27(36)38)31-29(24)37(25)19-20-12-14-21(15-13-20)22-8-4-5-9-23(22)28-32-34-35-33-28/h4-5,8-9,12-17H,2-3,6-7,10-11,18-19H2,1H3,(H,32,33,34,35). The number of hydrogen-bond donors (Lipinski definition) is 1. The van der Waals surface area contributed by atoms with Crippen LogP contribution in [-0.2, 0) is 17.8 Å². The summed E-state index contributed by atoms with van der Waals surface area (Å²) in [6.07, 6.45) is 5.59. The van der Waals surface area contributed by atoms with Gasteiger partial charge in [-0.25, -0.2) is 9.97 Å². The Hall–Kier alpha value is -4.40. The summed E-state index contributed by atoms with van der Waals surface area (Å²) in [6, 6.07) is 20.6. The number of anilines is 1. The minimum absolute atomic E-state index is 0.150. The molecule has 1 fully saturated rings. The molecule has 0 spiro atoms. The van der Waals surface area contributed by atoms with E-state index in [0.29, 0.717) is 18.8 Å². The SMILES string of the molecule is CCCCc1nc2ccc(N3CCCCC3=O)nc2n1Cc1ccc(-c2ccccc2-c2nn[nH]n2)cc1. The molecule has 4 heterocycles. The molecule has 0 radical (unpaired) electrons. The number of hydrogen-bond acceptors (Lipinski definition) is 6. The van der Waals surface area contributed by atoms with Crippen molar-refractivity contribution in [3.63, 3.8) is 0 Å². The number of imidazole rings is 1. The number of aromatic amines is 1. The van der Waals surface area contributed by atoms with E-state index < -0.39 is 0 Å². The Balaban J connectivity index is 1.33. The summed E-state index contributed by atoms with van der Waals surface area (Å²) in [6.45, 7) is 3.57. The molecular weight excluding hydrogens is 476 g/mol. The van der Waals surface area contributed by atoms with Gasteiger partial charge in [0.1, 0.15) is 17.2 Å². The fourth-order valence-corrected chi connectivity index (χ4v) is 5.11. The van der Waals surface area contributed by atoms with Crippen molar-refractivity contribution in [2.45, 2.75) is 52.0 Å². The number of aromatic nitrogens is 7. The van der Waals surface area contributed by atoms with Crippen molar-refractivity contribution in [1.29, 1.82) is 0 Å². The quantitative estimate of drug-likeness (QED) is 0.311. The minimum Gasteiger partial charge on any atom is -0.308 e. The number of nitrogens with one attached hydrogen (secondary N) is 1. The predicted octanol–water partition coefficient (Wildman–Crippen LogP) is 5.19. The number of pyridine rings is 1. The molecule has 0 unspecified atom stereocenters. The van der Waals surface area contributed by atoms with E-state index in [-0.39, 0.29) is 5.91 Å². The van der Waals surface area contributed by atoms with E-state index in [1.165, 1.54) is 0 Å². The number of benzene rings is 2. The van der Waals surface area contributed by atoms with Crippen molar-refractivity contribution in [3.8, 4) is 22.5 Å². The first-order valence-corrected chi connectivity index (χ1v) is 13.3. The minimum atomic E-state index is 0.150. The number of nitrogens with zero attached hydrogens (tertiary/aromatic N) is 7. The van der Waals surface area contributed by atoms with Crippen molar-refractivity contribution in [2.75, 3.05) is 11.4 Å². The van der Waals surface area contributed by atoms with Gasteiger partial charge in [-0.1, -0.05) is 61.9 Å². The molecule has 1 aliphatic rings. The Kier molecular flexibility index (Phi) is 6.64. The molecule has 38 heavy (non-hydrogen) atoms. The van der Waals surface area contributed by atoms with Crippen LogP contribution in [0.1, 0.15) is 50.4 Å². The summed E-state index contributed by atoms with van der Waals surface area (Å²) in [5.74, 6) is 2.48. The molecule has 0 saturated carbocycles. The Labute approximate surface area is 220 Å². The van der Waals surface area contributed by atoms with Crippen LogP contribution >= 0.6 is 0 Å². The molecule has 1 aliphatic heterocycles. The van der Waals surface area contributed by atoms with E-state index in [9.17, 15) is 4.79 Å². The highest BCUT2D eigenvalue weighted by Gasteiger charge is 2.22. The second-order valence-corrected chi connectivity index (χ2v) is 9.71. The number of carbonyl (C=O) groups excluding carboxylic acids is 1. The Morgan fingerprint density at radius 2 is 1.79 bits per heavy atom. The maximum atomic E-state index is 12.6. The molecule has 5 aromatic rings. The lowest BCUT2D eigenvalue weighted by molar-refractivity contribution is -0.119. The highest BCUT2D eigenvalue weighted by molar-refractivity contribution is 5.94. The number of aryl methyl sites for hydroxylation is 1. The van der Waals surface area contributed by atoms with Crippen LogP contribution in [-0.4, -0.2) is 47.6 Å². The van der Waals surface area contributed by atoms with Crippen LogP contribution in [0.3, 0.4) is 0 Å². The van der Waals surface area contributed by atoms with E-state index in [4.69, 9.17) is 9.97 Å². The molecule has 192 valence electrons. The van der Waals surface area contributed by atoms with Gasteiger partial charge in [0, 0.05) is 24.9 Å². The van der Waals surface area contributed by atoms with Crippen molar-refractivity contribution in [1.82, 2.24) is 35.2 Å². The lowest BCUT2D eigenvalue weighted by atomic mass is 9.98. The maximum Gasteiger partial charge on any atom is 0.228 e. The molecule has 1 N–H and O–H groups in total. The van der Waals surface area contributed by atoms with Crippen molar-refractivity contribution in [3.05, 3.63) is 72.1 Å². The smallest absolute Gasteiger partial charge is 0.228 e. The predicted molar refractivity (Wildman–Crippen MR) is 146 cm³/mol. The molecular formula is C29H30N8O. The number of unbranched alkanes of at least 4 members (excludes halogenated alkanes) is 1. The van der Waals surface area contributed by atoms with Gasteiger partial charge in [0.25, 0.3) is 0 Å². The molecule has 0 atom stereocenters. The third-order valence-electron chi connectivity index (χ3n) is 7.13. The van der Waals surface area contributed by atoms with Gasteiger partial charge < -0.3 is 4.57 Å². The first kappa shape index (κ1) is 24.0. The largest absolute Gasteiger partial charge is 0.308 e. The van der Waals surface area contributed by atoms with Crippen LogP contribution in [0, 0.1) is 0 Å². The lowest BCUT2D eigenvalue weighted by Crippen LogP contribution is -2.35. The second kappa shape index (κ2) is 10.5. The topological polar surface area (TPSA) is 105 Å². The van der Waals surface area contributed by atoms with Crippen LogP contribution in [0.15, 0.2) is 60.7 Å². The fourth-order valence-electron chi connectivity index (χ4n) is 5.11. The van der Waals surface area contributed by atoms with Gasteiger partial charge in [-0.2, -0.15) is 5.21 Å². The molecule has 6 rings (SSSR count). The Morgan fingerprint density at radius 3 is 2.55 bits per heavy atom. The normalized spacial score (nSPS) is 13.9. The summed E-state index contributed by atoms with van der Waals surface area (Å²) in [7, 11) is 0. The van der Waals surface area contributed by atoms with Crippen LogP contribution in [0.2, 0.25) is 0 Å². The Bertz CT molecular complexity index is 1560. The van der Waals surface area contributed by atoms with Crippen molar-refractivity contribution in [2.24, 2.45) is 0 Å². The number of carbonyl (C=O) groups is 1. The third kappa shape index (κ3) is 4.67. The van der Waals surface area contributed by atoms with Gasteiger partial charge in [-0.3, -0.25) is 9.69 Å². The van der Waals surface area contributed by atoms with Crippen LogP contribution in [0.25, 0.3) is 33.7 Å². The van der Waals surface area contributed by atoms with E-state index in [1.807, 2.05) is 35.2 Å². The number of piperidine rings is 1. The molecule has 2 aromatic carbocycles. The monoisotopic (exact) mass is 506 g/mol. The number of rotatable bonds is 8. The van der Waals surface area contributed by atoms with E-state index in [1.54, 1.807) is 0 Å². The van der Waals surface area contributed by atoms with E-state index >= 15 is 0 Å². The first-order chi connectivity index (χ1) is 18.7. The number of fused-ring (bicyclic) bond motifs is 1. The number of tetrazole rings is 1. The van der Waals surface area contributed by atoms with Gasteiger partial charge in [0.05, 0.1) is 6.54 Å². The van der Waals surface area contributed by atoms with Crippen LogP contribution in [0.5, 0.6) is 0 Å². The Morgan fingerprint density at radius 1 is 0.947 bits per heavy atom. The van der Waals surface area contributed by atoms with Gasteiger partial charge in [-0.05, 0) is 53.3 Å². The van der Waals surface area contributed by atoms with Gasteiger partial charge in [-0.15, -0.1) is 10.2 Å². The maximum absolute atomic E-state index is 12.6. The van der Waals surface area contributed by atoms with Crippen LogP contribution < -0.4 is 4.90 Å². The fraction of sp³-hybridized carbons (Fsp3) is 0.310. The highest BCUT2D eigenvalue weighted by Crippen LogP contribution is 2.30. The average Bonchev–Trinajstić information content (AvgIpc) is 3.61. The van der Waals surface area contributed by atoms with Crippen LogP contribution in [0.4, 0.5) is 5.82 Å². The molecule has 1 amide bonds. The van der Waals surface area contributed by atoms with Gasteiger partial charge in [0.2, 0.25) is 11.7 Å². The first-order valence-electron chi connectivity index (χ1n) is 13.3. The molecule has 9 nitrogen and oxygen atoms in total. The van der Waals surface area contributed by atoms with Crippen molar-refractivity contribution >= 4 is 22.9 Å². The summed E-state index contributed by atoms with van der Waals surface area (Å²) < 4.78 is 2.21. The zero-order valence-corrected chi connectivity index (χ0v) is 21.5. The highest BCUT2D eigenvalue weighted by atomic mass is 16.2. The summed E-state index contributed by atoms with van der Waals surface area (Å²) in [5.41, 5.74) is 5.92. The summed E-state index contributed by atoms with van der Waals surface area (Å²) in [4.78, 5) is 24.3. The van der Waals surface area contributed by atoms with Gasteiger partial charge >= 0.3 is 0 Å². The summed E-state index contributed by atoms with van der Waals surface area (Å²) >= 11 is 0. The second-order valence-electron chi connectivity index (χ2n) is 9.71. The lowest BCUT2D eigenvalue weighted by Gasteiger charge is -2.25. The van der Waals surface area contributed by atoms with E-state index in [2.05, 4.69) is 62.4 Å².